The zero-order valence-electron chi connectivity index (χ0n) is 16.5. The van der Waals surface area contributed by atoms with Crippen LogP contribution in [-0.2, 0) is 4.79 Å². The SMILES string of the molecule is COc1ccc(/C=C2/N=C(c3ccccc3)N(c3ccc(Br)cc3)C2=O)cc1OC. The molecule has 3 aromatic rings. The fraction of sp³-hybridized carbons (Fsp3) is 0.0833. The molecule has 0 radical (unpaired) electrons. The number of benzene rings is 3. The van der Waals surface area contributed by atoms with Crippen LogP contribution < -0.4 is 14.4 Å². The zero-order valence-corrected chi connectivity index (χ0v) is 18.1. The molecule has 5 nitrogen and oxygen atoms in total. The first kappa shape index (κ1) is 19.9. The van der Waals surface area contributed by atoms with E-state index in [-0.39, 0.29) is 5.91 Å². The molecule has 150 valence electrons. The van der Waals surface area contributed by atoms with Gasteiger partial charge in [-0.15, -0.1) is 0 Å². The maximum Gasteiger partial charge on any atom is 0.282 e. The van der Waals surface area contributed by atoms with Crippen molar-refractivity contribution in [3.63, 3.8) is 0 Å². The largest absolute Gasteiger partial charge is 0.493 e. The Morgan fingerprint density at radius 3 is 2.27 bits per heavy atom. The summed E-state index contributed by atoms with van der Waals surface area (Å²) in [6.45, 7) is 0. The Labute approximate surface area is 183 Å². The number of hydrogen-bond donors (Lipinski definition) is 0. The zero-order chi connectivity index (χ0) is 21.1. The van der Waals surface area contributed by atoms with Crippen molar-refractivity contribution in [1.82, 2.24) is 0 Å². The third-order valence-electron chi connectivity index (χ3n) is 4.69. The molecule has 0 fully saturated rings. The Balaban J connectivity index is 1.79. The lowest BCUT2D eigenvalue weighted by atomic mass is 10.1. The number of amidine groups is 1. The fourth-order valence-electron chi connectivity index (χ4n) is 3.23. The molecule has 1 amide bonds. The number of methoxy groups -OCH3 is 2. The molecule has 30 heavy (non-hydrogen) atoms. The number of hydrogen-bond acceptors (Lipinski definition) is 4. The van der Waals surface area contributed by atoms with Gasteiger partial charge >= 0.3 is 0 Å². The number of carbonyl (C=O) groups is 1. The number of amides is 1. The molecule has 3 aromatic carbocycles. The number of halogens is 1. The number of anilines is 1. The van der Waals surface area contributed by atoms with Crippen molar-refractivity contribution in [3.8, 4) is 11.5 Å². The van der Waals surface area contributed by atoms with Crippen molar-refractivity contribution in [3.05, 3.63) is 94.1 Å². The van der Waals surface area contributed by atoms with Gasteiger partial charge < -0.3 is 9.47 Å². The lowest BCUT2D eigenvalue weighted by Gasteiger charge is -2.18. The van der Waals surface area contributed by atoms with Gasteiger partial charge in [-0.25, -0.2) is 4.99 Å². The first-order chi connectivity index (χ1) is 14.6. The molecule has 0 unspecified atom stereocenters. The molecule has 0 spiro atoms. The summed E-state index contributed by atoms with van der Waals surface area (Å²) in [5.74, 6) is 1.62. The van der Waals surface area contributed by atoms with Crippen LogP contribution in [0, 0.1) is 0 Å². The van der Waals surface area contributed by atoms with Crippen LogP contribution in [0.4, 0.5) is 5.69 Å². The second-order valence-electron chi connectivity index (χ2n) is 6.56. The smallest absolute Gasteiger partial charge is 0.282 e. The summed E-state index contributed by atoms with van der Waals surface area (Å²) in [5.41, 5.74) is 2.76. The van der Waals surface area contributed by atoms with Crippen LogP contribution in [0.1, 0.15) is 11.1 Å². The predicted molar refractivity (Wildman–Crippen MR) is 122 cm³/mol. The third-order valence-corrected chi connectivity index (χ3v) is 5.22. The molecule has 1 heterocycles. The third kappa shape index (κ3) is 3.86. The molecule has 0 aromatic heterocycles. The minimum Gasteiger partial charge on any atom is -0.493 e. The van der Waals surface area contributed by atoms with Gasteiger partial charge in [0.15, 0.2) is 11.5 Å². The van der Waals surface area contributed by atoms with Gasteiger partial charge in [0.2, 0.25) is 0 Å². The van der Waals surface area contributed by atoms with E-state index < -0.39 is 0 Å². The molecule has 0 bridgehead atoms. The number of carbonyl (C=O) groups excluding carboxylic acids is 1. The van der Waals surface area contributed by atoms with Crippen LogP contribution in [0.15, 0.2) is 88.0 Å². The van der Waals surface area contributed by atoms with Crippen molar-refractivity contribution < 1.29 is 14.3 Å². The van der Waals surface area contributed by atoms with Crippen LogP contribution in [0.25, 0.3) is 6.08 Å². The van der Waals surface area contributed by atoms with Gasteiger partial charge in [-0.05, 0) is 48.0 Å². The highest BCUT2D eigenvalue weighted by Crippen LogP contribution is 2.31. The molecule has 0 N–H and O–H groups in total. The summed E-state index contributed by atoms with van der Waals surface area (Å²) in [6, 6.07) is 22.7. The highest BCUT2D eigenvalue weighted by atomic mass is 79.9. The topological polar surface area (TPSA) is 51.1 Å². The lowest BCUT2D eigenvalue weighted by molar-refractivity contribution is -0.113. The molecule has 1 aliphatic heterocycles. The molecule has 0 aliphatic carbocycles. The summed E-state index contributed by atoms with van der Waals surface area (Å²) >= 11 is 3.44. The molecule has 0 atom stereocenters. The standard InChI is InChI=1S/C24H19BrN2O3/c1-29-21-13-8-16(15-22(21)30-2)14-20-24(28)27(19-11-9-18(25)10-12-19)23(26-20)17-6-4-3-5-7-17/h3-15H,1-2H3/b20-14+. The Morgan fingerprint density at radius 1 is 0.900 bits per heavy atom. The van der Waals surface area contributed by atoms with E-state index in [4.69, 9.17) is 9.47 Å². The lowest BCUT2D eigenvalue weighted by Crippen LogP contribution is -2.32. The van der Waals surface area contributed by atoms with Gasteiger partial charge in [0.25, 0.3) is 5.91 Å². The highest BCUT2D eigenvalue weighted by Gasteiger charge is 2.32. The van der Waals surface area contributed by atoms with Crippen molar-refractivity contribution in [1.29, 1.82) is 0 Å². The summed E-state index contributed by atoms with van der Waals surface area (Å²) in [4.78, 5) is 19.6. The van der Waals surface area contributed by atoms with Gasteiger partial charge in [-0.3, -0.25) is 9.69 Å². The molecular formula is C24H19BrN2O3. The second kappa shape index (κ2) is 8.55. The normalized spacial score (nSPS) is 14.8. The van der Waals surface area contributed by atoms with Gasteiger partial charge in [-0.2, -0.15) is 0 Å². The van der Waals surface area contributed by atoms with E-state index >= 15 is 0 Å². The second-order valence-corrected chi connectivity index (χ2v) is 7.48. The van der Waals surface area contributed by atoms with Crippen molar-refractivity contribution >= 4 is 39.4 Å². The first-order valence-corrected chi connectivity index (χ1v) is 10.1. The minimum absolute atomic E-state index is 0.189. The monoisotopic (exact) mass is 462 g/mol. The van der Waals surface area contributed by atoms with E-state index in [1.54, 1.807) is 31.3 Å². The molecule has 0 saturated carbocycles. The van der Waals surface area contributed by atoms with Crippen molar-refractivity contribution in [2.24, 2.45) is 4.99 Å². The van der Waals surface area contributed by atoms with E-state index in [9.17, 15) is 4.79 Å². The summed E-state index contributed by atoms with van der Waals surface area (Å²) < 4.78 is 11.6. The van der Waals surface area contributed by atoms with Crippen molar-refractivity contribution in [2.75, 3.05) is 19.1 Å². The average molecular weight is 463 g/mol. The van der Waals surface area contributed by atoms with Gasteiger partial charge in [-0.1, -0.05) is 52.3 Å². The number of rotatable bonds is 5. The number of nitrogens with zero attached hydrogens (tertiary/aromatic N) is 2. The molecule has 0 saturated heterocycles. The van der Waals surface area contributed by atoms with E-state index in [2.05, 4.69) is 20.9 Å². The Morgan fingerprint density at radius 2 is 1.60 bits per heavy atom. The van der Waals surface area contributed by atoms with Crippen LogP contribution in [0.2, 0.25) is 0 Å². The molecular weight excluding hydrogens is 444 g/mol. The van der Waals surface area contributed by atoms with Crippen LogP contribution in [0.5, 0.6) is 11.5 Å². The van der Waals surface area contributed by atoms with E-state index in [1.807, 2.05) is 66.7 Å². The van der Waals surface area contributed by atoms with E-state index in [0.717, 1.165) is 21.3 Å². The molecule has 1 aliphatic rings. The Hall–Kier alpha value is -3.38. The fourth-order valence-corrected chi connectivity index (χ4v) is 3.49. The molecule has 6 heteroatoms. The van der Waals surface area contributed by atoms with Crippen molar-refractivity contribution in [2.45, 2.75) is 0 Å². The average Bonchev–Trinajstić information content (AvgIpc) is 3.10. The maximum absolute atomic E-state index is 13.3. The number of aliphatic imine (C=N–C) groups is 1. The molecule has 4 rings (SSSR count). The minimum atomic E-state index is -0.189. The van der Waals surface area contributed by atoms with E-state index in [0.29, 0.717) is 23.0 Å². The highest BCUT2D eigenvalue weighted by molar-refractivity contribution is 9.10. The Kier molecular flexibility index (Phi) is 5.68. The predicted octanol–water partition coefficient (Wildman–Crippen LogP) is 5.30. The summed E-state index contributed by atoms with van der Waals surface area (Å²) in [7, 11) is 3.17. The summed E-state index contributed by atoms with van der Waals surface area (Å²) in [6.07, 6.45) is 1.76. The van der Waals surface area contributed by atoms with Crippen LogP contribution in [0.3, 0.4) is 0 Å². The van der Waals surface area contributed by atoms with E-state index in [1.165, 1.54) is 0 Å². The first-order valence-electron chi connectivity index (χ1n) is 9.28. The van der Waals surface area contributed by atoms with Gasteiger partial charge in [0.05, 0.1) is 19.9 Å². The van der Waals surface area contributed by atoms with Gasteiger partial charge in [0, 0.05) is 10.0 Å². The van der Waals surface area contributed by atoms with Crippen LogP contribution in [-0.4, -0.2) is 26.0 Å². The van der Waals surface area contributed by atoms with Gasteiger partial charge in [0.1, 0.15) is 11.5 Å². The number of ether oxygens (including phenoxy) is 2. The quantitative estimate of drug-likeness (QED) is 0.483. The Bertz CT molecular complexity index is 1140. The maximum atomic E-state index is 13.3. The summed E-state index contributed by atoms with van der Waals surface area (Å²) in [5, 5.41) is 0. The van der Waals surface area contributed by atoms with Crippen LogP contribution >= 0.6 is 15.9 Å².